The van der Waals surface area contributed by atoms with Gasteiger partial charge in [0.15, 0.2) is 0 Å². The standard InChI is InChI=1S/C9H10BrN3O2/c10-4-2-1-3-7-5-8(13(14)15)6-12-9(7)11/h1,3,5-6H,2,4H2,(H2,11,12). The second-order valence-electron chi connectivity index (χ2n) is 2.81. The molecular formula is C9H10BrN3O2. The lowest BCUT2D eigenvalue weighted by molar-refractivity contribution is -0.385. The molecule has 2 N–H and O–H groups in total. The Bertz CT molecular complexity index is 393. The molecule has 0 aliphatic carbocycles. The molecule has 0 spiro atoms. The number of hydrogen-bond donors (Lipinski definition) is 1. The molecule has 0 saturated heterocycles. The van der Waals surface area contributed by atoms with Crippen molar-refractivity contribution >= 4 is 33.5 Å². The summed E-state index contributed by atoms with van der Waals surface area (Å²) < 4.78 is 0. The first-order valence-corrected chi connectivity index (χ1v) is 5.39. The predicted octanol–water partition coefficient (Wildman–Crippen LogP) is 2.37. The Labute approximate surface area is 95.3 Å². The summed E-state index contributed by atoms with van der Waals surface area (Å²) in [4.78, 5) is 13.7. The highest BCUT2D eigenvalue weighted by Gasteiger charge is 2.08. The van der Waals surface area contributed by atoms with Gasteiger partial charge in [0, 0.05) is 17.0 Å². The Morgan fingerprint density at radius 2 is 2.40 bits per heavy atom. The van der Waals surface area contributed by atoms with Crippen molar-refractivity contribution < 1.29 is 4.92 Å². The van der Waals surface area contributed by atoms with Crippen LogP contribution in [0.3, 0.4) is 0 Å². The average Bonchev–Trinajstić information content (AvgIpc) is 2.20. The van der Waals surface area contributed by atoms with Gasteiger partial charge in [-0.05, 0) is 6.42 Å². The van der Waals surface area contributed by atoms with E-state index in [1.165, 1.54) is 6.07 Å². The van der Waals surface area contributed by atoms with Gasteiger partial charge in [0.2, 0.25) is 0 Å². The number of nitrogens with two attached hydrogens (primary N) is 1. The number of pyridine rings is 1. The maximum Gasteiger partial charge on any atom is 0.288 e. The zero-order valence-corrected chi connectivity index (χ0v) is 9.48. The van der Waals surface area contributed by atoms with Crippen LogP contribution in [0.15, 0.2) is 18.3 Å². The minimum absolute atomic E-state index is 0.0531. The zero-order chi connectivity index (χ0) is 11.3. The highest BCUT2D eigenvalue weighted by molar-refractivity contribution is 9.09. The van der Waals surface area contributed by atoms with Crippen molar-refractivity contribution in [3.05, 3.63) is 34.0 Å². The number of halogens is 1. The lowest BCUT2D eigenvalue weighted by atomic mass is 10.2. The number of anilines is 1. The molecule has 1 aromatic rings. The molecule has 0 bridgehead atoms. The Morgan fingerprint density at radius 3 is 3.00 bits per heavy atom. The average molecular weight is 272 g/mol. The first kappa shape index (κ1) is 11.6. The van der Waals surface area contributed by atoms with Crippen LogP contribution >= 0.6 is 15.9 Å². The molecule has 0 saturated carbocycles. The number of alkyl halides is 1. The summed E-state index contributed by atoms with van der Waals surface area (Å²) in [6.45, 7) is 0. The number of allylic oxidation sites excluding steroid dienone is 1. The van der Waals surface area contributed by atoms with E-state index >= 15 is 0 Å². The number of nitro groups is 1. The molecule has 1 aromatic heterocycles. The van der Waals surface area contributed by atoms with Gasteiger partial charge in [0.25, 0.3) is 5.69 Å². The van der Waals surface area contributed by atoms with Crippen LogP contribution in [0.2, 0.25) is 0 Å². The monoisotopic (exact) mass is 271 g/mol. The van der Waals surface area contributed by atoms with Gasteiger partial charge in [-0.25, -0.2) is 4.98 Å². The van der Waals surface area contributed by atoms with E-state index in [4.69, 9.17) is 5.73 Å². The van der Waals surface area contributed by atoms with E-state index in [0.29, 0.717) is 11.4 Å². The lowest BCUT2D eigenvalue weighted by Crippen LogP contribution is -1.96. The van der Waals surface area contributed by atoms with Gasteiger partial charge in [-0.3, -0.25) is 10.1 Å². The molecule has 1 rings (SSSR count). The van der Waals surface area contributed by atoms with Gasteiger partial charge in [0.1, 0.15) is 12.0 Å². The smallest absolute Gasteiger partial charge is 0.288 e. The summed E-state index contributed by atoms with van der Waals surface area (Å²) in [5.74, 6) is 0.298. The van der Waals surface area contributed by atoms with Gasteiger partial charge in [-0.15, -0.1) is 0 Å². The SMILES string of the molecule is Nc1ncc([N+](=O)[O-])cc1C=CCCBr. The van der Waals surface area contributed by atoms with E-state index in [0.717, 1.165) is 17.9 Å². The molecule has 15 heavy (non-hydrogen) atoms. The van der Waals surface area contributed by atoms with Gasteiger partial charge >= 0.3 is 0 Å². The third kappa shape index (κ3) is 3.32. The van der Waals surface area contributed by atoms with E-state index in [1.807, 2.05) is 6.08 Å². The van der Waals surface area contributed by atoms with Gasteiger partial charge in [-0.1, -0.05) is 28.1 Å². The van der Waals surface area contributed by atoms with Crippen LogP contribution in [-0.2, 0) is 0 Å². The Morgan fingerprint density at radius 1 is 1.67 bits per heavy atom. The third-order valence-corrected chi connectivity index (χ3v) is 2.18. The van der Waals surface area contributed by atoms with E-state index in [1.54, 1.807) is 6.08 Å². The highest BCUT2D eigenvalue weighted by atomic mass is 79.9. The Hall–Kier alpha value is -1.43. The molecule has 0 aliphatic rings. The molecule has 0 amide bonds. The number of hydrogen-bond acceptors (Lipinski definition) is 4. The maximum absolute atomic E-state index is 10.5. The fourth-order valence-corrected chi connectivity index (χ4v) is 1.25. The number of aromatic nitrogens is 1. The van der Waals surface area contributed by atoms with Crippen LogP contribution in [-0.4, -0.2) is 15.2 Å². The summed E-state index contributed by atoms with van der Waals surface area (Å²) in [5.41, 5.74) is 6.10. The largest absolute Gasteiger partial charge is 0.383 e. The van der Waals surface area contributed by atoms with Gasteiger partial charge in [-0.2, -0.15) is 0 Å². The van der Waals surface area contributed by atoms with Gasteiger partial charge in [0.05, 0.1) is 4.92 Å². The molecule has 0 atom stereocenters. The van der Waals surface area contributed by atoms with Crippen molar-refractivity contribution in [3.63, 3.8) is 0 Å². The van der Waals surface area contributed by atoms with E-state index in [9.17, 15) is 10.1 Å². The van der Waals surface area contributed by atoms with E-state index in [-0.39, 0.29) is 5.69 Å². The minimum atomic E-state index is -0.492. The van der Waals surface area contributed by atoms with Crippen LogP contribution in [0.25, 0.3) is 6.08 Å². The van der Waals surface area contributed by atoms with Crippen molar-refractivity contribution in [2.45, 2.75) is 6.42 Å². The fourth-order valence-electron chi connectivity index (χ4n) is 0.987. The number of nitrogens with zero attached hydrogens (tertiary/aromatic N) is 2. The normalized spacial score (nSPS) is 10.7. The van der Waals surface area contributed by atoms with E-state index in [2.05, 4.69) is 20.9 Å². The van der Waals surface area contributed by atoms with Crippen LogP contribution in [0.5, 0.6) is 0 Å². The summed E-state index contributed by atoms with van der Waals surface area (Å²) in [5, 5.41) is 11.3. The zero-order valence-electron chi connectivity index (χ0n) is 7.89. The molecule has 80 valence electrons. The summed E-state index contributed by atoms with van der Waals surface area (Å²) in [7, 11) is 0. The first-order valence-electron chi connectivity index (χ1n) is 4.27. The minimum Gasteiger partial charge on any atom is -0.383 e. The quantitative estimate of drug-likeness (QED) is 0.518. The molecule has 6 heteroatoms. The molecule has 0 aromatic carbocycles. The van der Waals surface area contributed by atoms with Crippen molar-refractivity contribution in [3.8, 4) is 0 Å². The summed E-state index contributed by atoms with van der Waals surface area (Å²) in [6, 6.07) is 1.41. The number of rotatable bonds is 4. The van der Waals surface area contributed by atoms with Crippen molar-refractivity contribution in [2.75, 3.05) is 11.1 Å². The van der Waals surface area contributed by atoms with Crippen LogP contribution in [0.4, 0.5) is 11.5 Å². The summed E-state index contributed by atoms with van der Waals surface area (Å²) >= 11 is 3.27. The van der Waals surface area contributed by atoms with Crippen LogP contribution < -0.4 is 5.73 Å². The van der Waals surface area contributed by atoms with Crippen LogP contribution in [0.1, 0.15) is 12.0 Å². The van der Waals surface area contributed by atoms with Crippen molar-refractivity contribution in [1.82, 2.24) is 4.98 Å². The van der Waals surface area contributed by atoms with Crippen molar-refractivity contribution in [2.24, 2.45) is 0 Å². The van der Waals surface area contributed by atoms with Crippen LogP contribution in [0, 0.1) is 10.1 Å². The Balaban J connectivity index is 2.95. The molecule has 0 fully saturated rings. The second-order valence-corrected chi connectivity index (χ2v) is 3.60. The Kier molecular flexibility index (Phi) is 4.23. The molecular weight excluding hydrogens is 262 g/mol. The molecule has 0 unspecified atom stereocenters. The van der Waals surface area contributed by atoms with Gasteiger partial charge < -0.3 is 5.73 Å². The molecule has 5 nitrogen and oxygen atoms in total. The van der Waals surface area contributed by atoms with E-state index < -0.39 is 4.92 Å². The first-order chi connectivity index (χ1) is 7.15. The van der Waals surface area contributed by atoms with Crippen molar-refractivity contribution in [1.29, 1.82) is 0 Å². The number of nitrogen functional groups attached to an aromatic ring is 1. The topological polar surface area (TPSA) is 82.0 Å². The lowest BCUT2D eigenvalue weighted by Gasteiger charge is -1.98. The highest BCUT2D eigenvalue weighted by Crippen LogP contribution is 2.18. The summed E-state index contributed by atoms with van der Waals surface area (Å²) in [6.07, 6.45) is 5.60. The third-order valence-electron chi connectivity index (χ3n) is 1.72. The predicted molar refractivity (Wildman–Crippen MR) is 62.7 cm³/mol. The molecule has 0 radical (unpaired) electrons. The molecule has 0 aliphatic heterocycles. The maximum atomic E-state index is 10.5. The molecule has 1 heterocycles. The second kappa shape index (κ2) is 5.45. The fraction of sp³-hybridized carbons (Fsp3) is 0.222.